The molecule has 2 heterocycles. The van der Waals surface area contributed by atoms with E-state index in [4.69, 9.17) is 26.5 Å². The predicted molar refractivity (Wildman–Crippen MR) is 136 cm³/mol. The summed E-state index contributed by atoms with van der Waals surface area (Å²) in [5.41, 5.74) is -0.363. The Morgan fingerprint density at radius 1 is 1.14 bits per heavy atom. The lowest BCUT2D eigenvalue weighted by Gasteiger charge is -2.38. The van der Waals surface area contributed by atoms with Gasteiger partial charge >= 0.3 is 6.18 Å². The minimum absolute atomic E-state index is 0.0887. The topological polar surface area (TPSA) is 84.4 Å². The van der Waals surface area contributed by atoms with Crippen molar-refractivity contribution in [2.75, 3.05) is 32.6 Å². The standard InChI is InChI=1S/C25H27F3N4O4S/c1-34-20-8-7-16(13-21(20)35-2)15-29-22(33)19-14-24(36-31-19)9-11-32(12-10-24)23(37)30-18-6-4-3-5-17(18)25(26,27)28/h3-8,13H,9-12,14-15H2,1-2H3,(H,29,33)(H,30,37). The number of methoxy groups -OCH3 is 2. The number of benzene rings is 2. The molecule has 2 N–H and O–H groups in total. The number of nitrogens with one attached hydrogen (secondary N) is 2. The van der Waals surface area contributed by atoms with Crippen LogP contribution < -0.4 is 20.1 Å². The molecule has 1 amide bonds. The Labute approximate surface area is 217 Å². The summed E-state index contributed by atoms with van der Waals surface area (Å²) in [7, 11) is 3.09. The van der Waals surface area contributed by atoms with E-state index in [0.717, 1.165) is 11.6 Å². The molecule has 0 aliphatic carbocycles. The molecule has 4 rings (SSSR count). The van der Waals surface area contributed by atoms with Gasteiger partial charge in [-0.2, -0.15) is 13.2 Å². The first-order valence-electron chi connectivity index (χ1n) is 11.6. The van der Waals surface area contributed by atoms with Crippen LogP contribution in [0.2, 0.25) is 0 Å². The third kappa shape index (κ3) is 6.07. The van der Waals surface area contributed by atoms with E-state index in [-0.39, 0.29) is 23.3 Å². The van der Waals surface area contributed by atoms with Crippen LogP contribution in [0.3, 0.4) is 0 Å². The Morgan fingerprint density at radius 2 is 1.84 bits per heavy atom. The van der Waals surface area contributed by atoms with Crippen molar-refractivity contribution in [1.82, 2.24) is 10.2 Å². The number of thiocarbonyl (C=S) groups is 1. The highest BCUT2D eigenvalue weighted by Gasteiger charge is 2.44. The molecule has 0 bridgehead atoms. The molecule has 0 atom stereocenters. The van der Waals surface area contributed by atoms with Crippen molar-refractivity contribution < 1.29 is 32.3 Å². The Hall–Kier alpha value is -3.54. The van der Waals surface area contributed by atoms with Gasteiger partial charge in [-0.1, -0.05) is 23.4 Å². The van der Waals surface area contributed by atoms with Gasteiger partial charge in [0.2, 0.25) is 0 Å². The van der Waals surface area contributed by atoms with Crippen molar-refractivity contribution in [3.63, 3.8) is 0 Å². The van der Waals surface area contributed by atoms with Gasteiger partial charge in [0.25, 0.3) is 5.91 Å². The maximum atomic E-state index is 13.3. The quantitative estimate of drug-likeness (QED) is 0.532. The molecule has 1 saturated heterocycles. The first kappa shape index (κ1) is 26.5. The van der Waals surface area contributed by atoms with E-state index in [0.29, 0.717) is 49.6 Å². The highest BCUT2D eigenvalue weighted by molar-refractivity contribution is 7.80. The number of alkyl halides is 3. The van der Waals surface area contributed by atoms with Gasteiger partial charge in [0.15, 0.2) is 16.6 Å². The predicted octanol–water partition coefficient (Wildman–Crippen LogP) is 4.35. The molecule has 2 aromatic rings. The van der Waals surface area contributed by atoms with Gasteiger partial charge in [-0.25, -0.2) is 0 Å². The average molecular weight is 537 g/mol. The van der Waals surface area contributed by atoms with Crippen molar-refractivity contribution in [3.05, 3.63) is 53.6 Å². The normalized spacial score (nSPS) is 16.6. The molecular formula is C25H27F3N4O4S. The number of ether oxygens (including phenoxy) is 2. The number of anilines is 1. The molecule has 37 heavy (non-hydrogen) atoms. The smallest absolute Gasteiger partial charge is 0.418 e. The molecule has 8 nitrogen and oxygen atoms in total. The summed E-state index contributed by atoms with van der Waals surface area (Å²) < 4.78 is 50.4. The third-order valence-electron chi connectivity index (χ3n) is 6.44. The lowest BCUT2D eigenvalue weighted by Crippen LogP contribution is -2.48. The van der Waals surface area contributed by atoms with Crippen molar-refractivity contribution in [1.29, 1.82) is 0 Å². The summed E-state index contributed by atoms with van der Waals surface area (Å²) in [5.74, 6) is 0.838. The molecule has 0 aromatic heterocycles. The maximum Gasteiger partial charge on any atom is 0.418 e. The number of piperidine rings is 1. The molecular weight excluding hydrogens is 509 g/mol. The fraction of sp³-hybridized carbons (Fsp3) is 0.400. The number of halogens is 3. The zero-order valence-electron chi connectivity index (χ0n) is 20.4. The second kappa shape index (κ2) is 10.8. The van der Waals surface area contributed by atoms with Crippen molar-refractivity contribution in [3.8, 4) is 11.5 Å². The average Bonchev–Trinajstić information content (AvgIpc) is 3.30. The van der Waals surface area contributed by atoms with E-state index < -0.39 is 17.3 Å². The molecule has 2 aliphatic rings. The lowest BCUT2D eigenvalue weighted by atomic mass is 9.87. The Balaban J connectivity index is 1.28. The minimum Gasteiger partial charge on any atom is -0.493 e. The largest absolute Gasteiger partial charge is 0.493 e. The summed E-state index contributed by atoms with van der Waals surface area (Å²) in [6, 6.07) is 10.6. The van der Waals surface area contributed by atoms with Crippen LogP contribution in [0, 0.1) is 0 Å². The van der Waals surface area contributed by atoms with E-state index in [1.54, 1.807) is 31.3 Å². The van der Waals surface area contributed by atoms with E-state index in [1.807, 2.05) is 6.07 Å². The van der Waals surface area contributed by atoms with Crippen LogP contribution in [0.1, 0.15) is 30.4 Å². The van der Waals surface area contributed by atoms with Gasteiger partial charge in [-0.05, 0) is 42.0 Å². The van der Waals surface area contributed by atoms with Crippen LogP contribution >= 0.6 is 12.2 Å². The van der Waals surface area contributed by atoms with Gasteiger partial charge in [-0.3, -0.25) is 4.79 Å². The molecule has 0 unspecified atom stereocenters. The van der Waals surface area contributed by atoms with E-state index >= 15 is 0 Å². The first-order chi connectivity index (χ1) is 17.6. The second-order valence-electron chi connectivity index (χ2n) is 8.82. The van der Waals surface area contributed by atoms with Crippen LogP contribution in [0.4, 0.5) is 18.9 Å². The van der Waals surface area contributed by atoms with Crippen LogP contribution in [-0.4, -0.2) is 54.5 Å². The summed E-state index contributed by atoms with van der Waals surface area (Å²) in [6.07, 6.45) is -3.11. The van der Waals surface area contributed by atoms with Gasteiger partial charge in [0, 0.05) is 38.9 Å². The molecule has 198 valence electrons. The number of hydrogen-bond acceptors (Lipinski definition) is 6. The number of para-hydroxylation sites is 1. The highest BCUT2D eigenvalue weighted by atomic mass is 32.1. The minimum atomic E-state index is -4.49. The first-order valence-corrected chi connectivity index (χ1v) is 12.0. The van der Waals surface area contributed by atoms with Crippen molar-refractivity contribution >= 4 is 34.6 Å². The molecule has 0 radical (unpaired) electrons. The van der Waals surface area contributed by atoms with Crippen molar-refractivity contribution in [2.45, 2.75) is 37.6 Å². The fourth-order valence-corrected chi connectivity index (χ4v) is 4.63. The number of likely N-dealkylation sites (tertiary alicyclic amines) is 1. The van der Waals surface area contributed by atoms with Crippen LogP contribution in [0.25, 0.3) is 0 Å². The van der Waals surface area contributed by atoms with Crippen LogP contribution in [-0.2, 0) is 22.4 Å². The molecule has 2 aliphatic heterocycles. The number of carbonyl (C=O) groups is 1. The number of carbonyl (C=O) groups excluding carboxylic acids is 1. The van der Waals surface area contributed by atoms with Crippen molar-refractivity contribution in [2.24, 2.45) is 5.16 Å². The summed E-state index contributed by atoms with van der Waals surface area (Å²) >= 11 is 5.38. The van der Waals surface area contributed by atoms with Crippen LogP contribution in [0.15, 0.2) is 47.6 Å². The van der Waals surface area contributed by atoms with Gasteiger partial charge in [0.1, 0.15) is 11.3 Å². The molecule has 0 saturated carbocycles. The van der Waals surface area contributed by atoms with Gasteiger partial charge < -0.3 is 29.8 Å². The molecule has 1 spiro atoms. The maximum absolute atomic E-state index is 13.3. The molecule has 12 heteroatoms. The van der Waals surface area contributed by atoms with E-state index in [9.17, 15) is 18.0 Å². The summed E-state index contributed by atoms with van der Waals surface area (Å²) in [4.78, 5) is 20.2. The Kier molecular flexibility index (Phi) is 7.76. The van der Waals surface area contributed by atoms with Gasteiger partial charge in [0.05, 0.1) is 25.5 Å². The van der Waals surface area contributed by atoms with E-state index in [1.165, 1.54) is 18.2 Å². The highest BCUT2D eigenvalue weighted by Crippen LogP contribution is 2.37. The third-order valence-corrected chi connectivity index (χ3v) is 6.80. The number of amides is 1. The number of nitrogens with zero attached hydrogens (tertiary/aromatic N) is 2. The second-order valence-corrected chi connectivity index (χ2v) is 9.21. The van der Waals surface area contributed by atoms with E-state index in [2.05, 4.69) is 15.8 Å². The van der Waals surface area contributed by atoms with Crippen LogP contribution in [0.5, 0.6) is 11.5 Å². The van der Waals surface area contributed by atoms with Gasteiger partial charge in [-0.15, -0.1) is 0 Å². The number of oxime groups is 1. The zero-order valence-corrected chi connectivity index (χ0v) is 21.2. The number of rotatable bonds is 6. The lowest BCUT2D eigenvalue weighted by molar-refractivity contribution is -0.136. The summed E-state index contributed by atoms with van der Waals surface area (Å²) in [5, 5.41) is 9.81. The fourth-order valence-electron chi connectivity index (χ4n) is 4.34. The Bertz CT molecular complexity index is 1200. The summed E-state index contributed by atoms with van der Waals surface area (Å²) in [6.45, 7) is 1.19. The molecule has 2 aromatic carbocycles. The Morgan fingerprint density at radius 3 is 2.51 bits per heavy atom. The zero-order chi connectivity index (χ0) is 26.6. The number of hydrogen-bond donors (Lipinski definition) is 2. The molecule has 1 fully saturated rings. The SMILES string of the molecule is COc1ccc(CNC(=O)C2=NOC3(CCN(C(=S)Nc4ccccc4C(F)(F)F)CC3)C2)cc1OC. The monoisotopic (exact) mass is 536 g/mol.